The average Bonchev–Trinajstić information content (AvgIpc) is 2.71. The molecule has 1 aliphatic rings. The Morgan fingerprint density at radius 1 is 1.44 bits per heavy atom. The number of aliphatic hydroxyl groups is 1. The summed E-state index contributed by atoms with van der Waals surface area (Å²) in [5.41, 5.74) is 0. The van der Waals surface area contributed by atoms with Crippen LogP contribution in [0.15, 0.2) is 0 Å². The highest BCUT2D eigenvalue weighted by Crippen LogP contribution is 2.17. The van der Waals surface area contributed by atoms with Gasteiger partial charge in [0.25, 0.3) is 0 Å². The summed E-state index contributed by atoms with van der Waals surface area (Å²) in [4.78, 5) is 2.27. The summed E-state index contributed by atoms with van der Waals surface area (Å²) in [5, 5.41) is 10.1. The first kappa shape index (κ1) is 13.9. The largest absolute Gasteiger partial charge is 0.391 e. The topological polar surface area (TPSA) is 32.7 Å². The van der Waals surface area contributed by atoms with Gasteiger partial charge in [-0.3, -0.25) is 4.90 Å². The van der Waals surface area contributed by atoms with Gasteiger partial charge in [-0.15, -0.1) is 0 Å². The third-order valence-corrected chi connectivity index (χ3v) is 3.53. The molecule has 3 nitrogen and oxygen atoms in total. The van der Waals surface area contributed by atoms with E-state index in [0.717, 1.165) is 32.4 Å². The fourth-order valence-electron chi connectivity index (χ4n) is 2.61. The molecule has 0 radical (unpaired) electrons. The van der Waals surface area contributed by atoms with Gasteiger partial charge in [0.15, 0.2) is 0 Å². The number of rotatable bonds is 7. The molecule has 1 rings (SSSR count). The van der Waals surface area contributed by atoms with Crippen LogP contribution in [0.4, 0.5) is 0 Å². The van der Waals surface area contributed by atoms with Crippen LogP contribution >= 0.6 is 0 Å². The molecular formula is C13H27NO2. The summed E-state index contributed by atoms with van der Waals surface area (Å²) in [5.74, 6) is 0. The normalized spacial score (nSPS) is 24.9. The third kappa shape index (κ3) is 4.04. The van der Waals surface area contributed by atoms with E-state index in [0.29, 0.717) is 6.10 Å². The molecule has 1 fully saturated rings. The monoisotopic (exact) mass is 229 g/mol. The lowest BCUT2D eigenvalue weighted by atomic mass is 10.0. The van der Waals surface area contributed by atoms with Crippen molar-refractivity contribution in [1.82, 2.24) is 4.90 Å². The standard InChI is InChI=1S/C13H27NO2/c1-4-7-13(15)12(5-2)14(3)10-11-8-6-9-16-11/h11-13,15H,4-10H2,1-3H3. The molecule has 1 saturated heterocycles. The minimum atomic E-state index is -0.193. The van der Waals surface area contributed by atoms with Gasteiger partial charge in [-0.2, -0.15) is 0 Å². The van der Waals surface area contributed by atoms with Crippen molar-refractivity contribution in [2.45, 2.75) is 64.2 Å². The second kappa shape index (κ2) is 7.25. The first-order valence-electron chi connectivity index (χ1n) is 6.68. The number of likely N-dealkylation sites (N-methyl/N-ethyl adjacent to an activating group) is 1. The van der Waals surface area contributed by atoms with Crippen LogP contribution in [0, 0.1) is 0 Å². The van der Waals surface area contributed by atoms with E-state index in [1.54, 1.807) is 0 Å². The van der Waals surface area contributed by atoms with Crippen LogP contribution in [0.1, 0.15) is 46.0 Å². The van der Waals surface area contributed by atoms with E-state index in [9.17, 15) is 5.11 Å². The fourth-order valence-corrected chi connectivity index (χ4v) is 2.61. The smallest absolute Gasteiger partial charge is 0.0702 e. The quantitative estimate of drug-likeness (QED) is 0.725. The number of nitrogens with zero attached hydrogens (tertiary/aromatic N) is 1. The molecule has 0 aromatic rings. The van der Waals surface area contributed by atoms with Gasteiger partial charge in [-0.1, -0.05) is 20.3 Å². The first-order valence-corrected chi connectivity index (χ1v) is 6.68. The van der Waals surface area contributed by atoms with Crippen molar-refractivity contribution in [2.75, 3.05) is 20.2 Å². The van der Waals surface area contributed by atoms with Crippen LogP contribution in [-0.2, 0) is 4.74 Å². The molecule has 0 saturated carbocycles. The molecule has 0 aromatic carbocycles. The predicted octanol–water partition coefficient (Wildman–Crippen LogP) is 2.04. The Hall–Kier alpha value is -0.120. The van der Waals surface area contributed by atoms with Gasteiger partial charge < -0.3 is 9.84 Å². The lowest BCUT2D eigenvalue weighted by Crippen LogP contribution is -2.44. The van der Waals surface area contributed by atoms with Crippen molar-refractivity contribution < 1.29 is 9.84 Å². The number of aliphatic hydroxyl groups excluding tert-OH is 1. The average molecular weight is 229 g/mol. The zero-order valence-corrected chi connectivity index (χ0v) is 11.0. The summed E-state index contributed by atoms with van der Waals surface area (Å²) in [6.07, 6.45) is 5.50. The van der Waals surface area contributed by atoms with Gasteiger partial charge >= 0.3 is 0 Å². The highest BCUT2D eigenvalue weighted by molar-refractivity contribution is 4.79. The number of hydrogen-bond donors (Lipinski definition) is 1. The van der Waals surface area contributed by atoms with Gasteiger partial charge in [-0.25, -0.2) is 0 Å². The minimum absolute atomic E-state index is 0.193. The van der Waals surface area contributed by atoms with Crippen LogP contribution in [0.3, 0.4) is 0 Å². The van der Waals surface area contributed by atoms with E-state index in [1.807, 2.05) is 0 Å². The van der Waals surface area contributed by atoms with Crippen LogP contribution in [0.5, 0.6) is 0 Å². The molecule has 16 heavy (non-hydrogen) atoms. The van der Waals surface area contributed by atoms with E-state index in [1.165, 1.54) is 12.8 Å². The van der Waals surface area contributed by atoms with Crippen LogP contribution in [0.25, 0.3) is 0 Å². The van der Waals surface area contributed by atoms with Gasteiger partial charge in [0, 0.05) is 19.2 Å². The molecule has 0 spiro atoms. The summed E-state index contributed by atoms with van der Waals surface area (Å²) in [7, 11) is 2.11. The Morgan fingerprint density at radius 3 is 2.69 bits per heavy atom. The van der Waals surface area contributed by atoms with Gasteiger partial charge in [0.05, 0.1) is 12.2 Å². The Balaban J connectivity index is 2.37. The van der Waals surface area contributed by atoms with Crippen molar-refractivity contribution in [2.24, 2.45) is 0 Å². The van der Waals surface area contributed by atoms with Crippen molar-refractivity contribution in [3.8, 4) is 0 Å². The number of ether oxygens (including phenoxy) is 1. The summed E-state index contributed by atoms with van der Waals surface area (Å²) < 4.78 is 5.63. The Morgan fingerprint density at radius 2 is 2.19 bits per heavy atom. The number of hydrogen-bond acceptors (Lipinski definition) is 3. The van der Waals surface area contributed by atoms with E-state index in [2.05, 4.69) is 25.8 Å². The fraction of sp³-hybridized carbons (Fsp3) is 1.00. The van der Waals surface area contributed by atoms with Crippen LogP contribution < -0.4 is 0 Å². The summed E-state index contributed by atoms with van der Waals surface area (Å²) >= 11 is 0. The van der Waals surface area contributed by atoms with Crippen molar-refractivity contribution in [3.63, 3.8) is 0 Å². The van der Waals surface area contributed by atoms with E-state index in [-0.39, 0.29) is 12.1 Å². The molecule has 0 aromatic heterocycles. The highest BCUT2D eigenvalue weighted by Gasteiger charge is 2.25. The molecular weight excluding hydrogens is 202 g/mol. The van der Waals surface area contributed by atoms with E-state index < -0.39 is 0 Å². The maximum atomic E-state index is 10.1. The minimum Gasteiger partial charge on any atom is -0.391 e. The Labute approximate surface area is 99.8 Å². The molecule has 1 aliphatic heterocycles. The molecule has 0 bridgehead atoms. The molecule has 0 amide bonds. The molecule has 0 aliphatic carbocycles. The van der Waals surface area contributed by atoms with E-state index >= 15 is 0 Å². The van der Waals surface area contributed by atoms with Gasteiger partial charge in [0.2, 0.25) is 0 Å². The summed E-state index contributed by atoms with van der Waals surface area (Å²) in [6.45, 7) is 6.14. The third-order valence-electron chi connectivity index (χ3n) is 3.53. The predicted molar refractivity (Wildman–Crippen MR) is 66.6 cm³/mol. The maximum Gasteiger partial charge on any atom is 0.0702 e. The lowest BCUT2D eigenvalue weighted by molar-refractivity contribution is 0.0189. The van der Waals surface area contributed by atoms with Gasteiger partial charge in [0.1, 0.15) is 0 Å². The molecule has 3 unspecified atom stereocenters. The second-order valence-electron chi connectivity index (χ2n) is 4.91. The zero-order valence-electron chi connectivity index (χ0n) is 11.0. The second-order valence-corrected chi connectivity index (χ2v) is 4.91. The molecule has 1 N–H and O–H groups in total. The molecule has 1 heterocycles. The molecule has 3 heteroatoms. The SMILES string of the molecule is CCCC(O)C(CC)N(C)CC1CCCO1. The van der Waals surface area contributed by atoms with Crippen molar-refractivity contribution >= 4 is 0 Å². The molecule has 3 atom stereocenters. The van der Waals surface area contributed by atoms with E-state index in [4.69, 9.17) is 4.74 Å². The summed E-state index contributed by atoms with van der Waals surface area (Å²) in [6, 6.07) is 0.282. The van der Waals surface area contributed by atoms with Crippen LogP contribution in [0.2, 0.25) is 0 Å². The van der Waals surface area contributed by atoms with Crippen molar-refractivity contribution in [3.05, 3.63) is 0 Å². The van der Waals surface area contributed by atoms with Gasteiger partial charge in [-0.05, 0) is 32.7 Å². The van der Waals surface area contributed by atoms with Crippen molar-refractivity contribution in [1.29, 1.82) is 0 Å². The highest BCUT2D eigenvalue weighted by atomic mass is 16.5. The zero-order chi connectivity index (χ0) is 12.0. The Kier molecular flexibility index (Phi) is 6.32. The van der Waals surface area contributed by atoms with Crippen LogP contribution in [-0.4, -0.2) is 48.5 Å². The maximum absolute atomic E-state index is 10.1. The first-order chi connectivity index (χ1) is 7.69. The molecule has 96 valence electrons. The Bertz CT molecular complexity index is 181. The lowest BCUT2D eigenvalue weighted by Gasteiger charge is -2.32.